The van der Waals surface area contributed by atoms with Gasteiger partial charge in [0.15, 0.2) is 0 Å². The summed E-state index contributed by atoms with van der Waals surface area (Å²) in [6.07, 6.45) is 34.2. The SMILES string of the molecule is C.C.C.C.C.C.C.C.C.C.C.C.CCCC(CC)C(C)(C)C(CC)CCC.CCCC(CC)C(CC)CCC.CCCC(CC)COC(=O)CCCCCOC(=O)CC(C(=O)OCCCCCC(=O)OCC(CC)CCC)C(CC(=O)OCCCCCC(=O)OCC(CC)CCC)C(=O)OCCCCCC(=O)OCC(CC)CCC. The van der Waals surface area contributed by atoms with E-state index in [1.54, 1.807) is 0 Å². The first kappa shape index (κ1) is 146. The molecule has 115 heavy (non-hydrogen) atoms. The molecule has 0 aromatic carbocycles. The smallest absolute Gasteiger partial charge is 0.310 e. The summed E-state index contributed by atoms with van der Waals surface area (Å²) in [5.41, 5.74) is 0.537. The number of carbonyl (C=O) groups is 8. The van der Waals surface area contributed by atoms with Gasteiger partial charge in [-0.1, -0.05) is 342 Å². The quantitative estimate of drug-likeness (QED) is 0.0315. The lowest BCUT2D eigenvalue weighted by atomic mass is 9.65. The van der Waals surface area contributed by atoms with Crippen LogP contribution >= 0.6 is 0 Å². The van der Waals surface area contributed by atoms with E-state index >= 15 is 0 Å². The molecular weight excluding hydrogens is 1450 g/mol. The Morgan fingerprint density at radius 3 is 0.643 bits per heavy atom. The van der Waals surface area contributed by atoms with Gasteiger partial charge in [-0.2, -0.15) is 0 Å². The maximum atomic E-state index is 14.0. The highest BCUT2D eigenvalue weighted by molar-refractivity contribution is 5.88. The summed E-state index contributed by atoms with van der Waals surface area (Å²) in [7, 11) is 0. The van der Waals surface area contributed by atoms with E-state index in [1.807, 2.05) is 0 Å². The average molecular weight is 1660 g/mol. The van der Waals surface area contributed by atoms with Gasteiger partial charge in [0.1, 0.15) is 0 Å². The van der Waals surface area contributed by atoms with Gasteiger partial charge in [-0.05, 0) is 155 Å². The highest BCUT2D eigenvalue weighted by Gasteiger charge is 2.40. The average Bonchev–Trinajstić information content (AvgIpc) is 0.843. The Hall–Kier alpha value is -4.24. The molecule has 0 aliphatic rings. The topological polar surface area (TPSA) is 210 Å². The van der Waals surface area contributed by atoms with E-state index in [1.165, 1.54) is 77.0 Å². The van der Waals surface area contributed by atoms with E-state index in [0.717, 1.165) is 101 Å². The molecule has 0 radical (unpaired) electrons. The Kier molecular flexibility index (Phi) is 127. The maximum Gasteiger partial charge on any atom is 0.310 e. The van der Waals surface area contributed by atoms with Crippen molar-refractivity contribution in [2.24, 2.45) is 64.6 Å². The molecule has 0 bridgehead atoms. The molecule has 0 spiro atoms. The standard InChI is InChI=1S/C60H106O16.C15H32.C12H26.12CH4/c1-9-29-47(13-5)43-73-53(61)33-21-17-25-37-69-57(65)41-51(59(67)71-39-27-19-23-35-55(63)75-45-49(15-7)31-11-3)52(60(68)72-40-28-20-24-36-56(64)76-46-50(16-8)32-12-4)42-58(66)70-38-26-18-22-34-54(62)74-44-48(14-6)30-10-2;1-7-11-13(9-3)15(5,6)14(10-4)12-8-2;1-5-9-11(7-3)12(8-4)10-6-2;;;;;;;;;;;;/h47-52H,9-46H2,1-8H3;13-14H,7-12H2,1-6H3;11-12H,5-10H2,1-4H3;12*1H4. The first-order valence-corrected chi connectivity index (χ1v) is 42.8. The molecule has 0 aliphatic carbocycles. The highest BCUT2D eigenvalue weighted by atomic mass is 16.6. The monoisotopic (exact) mass is 1660 g/mol. The van der Waals surface area contributed by atoms with Crippen LogP contribution < -0.4 is 0 Å². The molecule has 0 aromatic heterocycles. The van der Waals surface area contributed by atoms with Crippen molar-refractivity contribution in [1.29, 1.82) is 0 Å². The molecule has 0 N–H and O–H groups in total. The summed E-state index contributed by atoms with van der Waals surface area (Å²) in [6, 6.07) is 0. The number of hydrogen-bond donors (Lipinski definition) is 0. The molecule has 0 amide bonds. The lowest BCUT2D eigenvalue weighted by Crippen LogP contribution is -2.36. The van der Waals surface area contributed by atoms with Crippen LogP contribution in [0.5, 0.6) is 0 Å². The van der Waals surface area contributed by atoms with Gasteiger partial charge in [0.05, 0.1) is 77.5 Å². The fourth-order valence-corrected chi connectivity index (χ4v) is 14.3. The Morgan fingerprint density at radius 2 is 0.452 bits per heavy atom. The Bertz CT molecular complexity index is 1920. The molecule has 704 valence electrons. The third-order valence-electron chi connectivity index (χ3n) is 21.4. The summed E-state index contributed by atoms with van der Waals surface area (Å²) in [6.45, 7) is 41.9. The van der Waals surface area contributed by atoms with E-state index in [-0.39, 0.29) is 165 Å². The predicted molar refractivity (Wildman–Crippen MR) is 502 cm³/mol. The summed E-state index contributed by atoms with van der Waals surface area (Å²) in [5, 5.41) is 0. The zero-order chi connectivity index (χ0) is 77.9. The largest absolute Gasteiger partial charge is 0.466 e. The third kappa shape index (κ3) is 78.1. The van der Waals surface area contributed by atoms with Gasteiger partial charge in [0.2, 0.25) is 0 Å². The van der Waals surface area contributed by atoms with Crippen molar-refractivity contribution in [3.05, 3.63) is 0 Å². The maximum absolute atomic E-state index is 14.0. The van der Waals surface area contributed by atoms with Crippen molar-refractivity contribution in [2.45, 2.75) is 483 Å². The minimum Gasteiger partial charge on any atom is -0.466 e. The van der Waals surface area contributed by atoms with Crippen LogP contribution in [0.4, 0.5) is 0 Å². The number of carbonyl (C=O) groups excluding carboxylic acids is 8. The lowest BCUT2D eigenvalue weighted by molar-refractivity contribution is -0.167. The second-order valence-electron chi connectivity index (χ2n) is 30.1. The van der Waals surface area contributed by atoms with Crippen molar-refractivity contribution in [1.82, 2.24) is 0 Å². The Labute approximate surface area is 721 Å². The Balaban J connectivity index is -0.000000167. The van der Waals surface area contributed by atoms with Crippen LogP contribution in [0.1, 0.15) is 483 Å². The van der Waals surface area contributed by atoms with Crippen molar-refractivity contribution >= 4 is 47.8 Å². The molecular formula is C99H212O16. The number of ether oxygens (including phenoxy) is 8. The van der Waals surface area contributed by atoms with Gasteiger partial charge in [0.25, 0.3) is 0 Å². The van der Waals surface area contributed by atoms with Gasteiger partial charge in [-0.3, -0.25) is 38.4 Å². The fraction of sp³-hybridized carbons (Fsp3) is 0.919. The molecule has 0 rings (SSSR count). The van der Waals surface area contributed by atoms with Gasteiger partial charge in [-0.15, -0.1) is 0 Å². The molecule has 10 unspecified atom stereocenters. The Morgan fingerprint density at radius 1 is 0.235 bits per heavy atom. The highest BCUT2D eigenvalue weighted by Crippen LogP contribution is 2.43. The third-order valence-corrected chi connectivity index (χ3v) is 21.4. The first-order valence-electron chi connectivity index (χ1n) is 42.8. The number of rotatable bonds is 66. The summed E-state index contributed by atoms with van der Waals surface area (Å²) in [5.74, 6) is -2.17. The van der Waals surface area contributed by atoms with Crippen LogP contribution in [0.15, 0.2) is 0 Å². The summed E-state index contributed by atoms with van der Waals surface area (Å²) < 4.78 is 44.3. The second-order valence-corrected chi connectivity index (χ2v) is 30.1. The van der Waals surface area contributed by atoms with Gasteiger partial charge in [-0.25, -0.2) is 0 Å². The molecule has 0 saturated heterocycles. The zero-order valence-electron chi connectivity index (χ0n) is 70.2. The summed E-state index contributed by atoms with van der Waals surface area (Å²) in [4.78, 5) is 104. The van der Waals surface area contributed by atoms with Crippen molar-refractivity contribution < 1.29 is 76.3 Å². The van der Waals surface area contributed by atoms with Gasteiger partial charge in [0, 0.05) is 25.7 Å². The number of esters is 8. The van der Waals surface area contributed by atoms with Crippen LogP contribution in [0.25, 0.3) is 0 Å². The van der Waals surface area contributed by atoms with Crippen molar-refractivity contribution in [2.75, 3.05) is 52.9 Å². The normalized spacial score (nSPS) is 12.7. The van der Waals surface area contributed by atoms with E-state index < -0.39 is 48.6 Å². The fourth-order valence-electron chi connectivity index (χ4n) is 14.3. The van der Waals surface area contributed by atoms with E-state index in [4.69, 9.17) is 37.9 Å². The van der Waals surface area contributed by atoms with Crippen molar-refractivity contribution in [3.8, 4) is 0 Å². The zero-order valence-corrected chi connectivity index (χ0v) is 70.2. The van der Waals surface area contributed by atoms with Crippen LogP contribution in [-0.2, 0) is 76.3 Å². The molecule has 0 heterocycles. The first-order chi connectivity index (χ1) is 49.5. The lowest BCUT2D eigenvalue weighted by Gasteiger charge is -2.41. The molecule has 0 saturated carbocycles. The minimum atomic E-state index is -1.46. The molecule has 16 nitrogen and oxygen atoms in total. The van der Waals surface area contributed by atoms with E-state index in [0.29, 0.717) is 133 Å². The predicted octanol–water partition coefficient (Wildman–Crippen LogP) is 30.8. The van der Waals surface area contributed by atoms with E-state index in [2.05, 4.69) is 125 Å². The van der Waals surface area contributed by atoms with Crippen LogP contribution in [0.3, 0.4) is 0 Å². The molecule has 10 atom stereocenters. The van der Waals surface area contributed by atoms with E-state index in [9.17, 15) is 38.4 Å². The van der Waals surface area contributed by atoms with Crippen molar-refractivity contribution in [3.63, 3.8) is 0 Å². The molecule has 16 heteroatoms. The molecule has 0 fully saturated rings. The molecule has 0 aliphatic heterocycles. The number of hydrogen-bond acceptors (Lipinski definition) is 16. The summed E-state index contributed by atoms with van der Waals surface area (Å²) >= 11 is 0. The van der Waals surface area contributed by atoms with Gasteiger partial charge < -0.3 is 37.9 Å². The van der Waals surface area contributed by atoms with Crippen LogP contribution in [0, 0.1) is 64.6 Å². The number of unbranched alkanes of at least 4 members (excludes halogenated alkanes) is 8. The minimum absolute atomic E-state index is 0. The van der Waals surface area contributed by atoms with Gasteiger partial charge >= 0.3 is 47.8 Å². The molecule has 0 aromatic rings. The van der Waals surface area contributed by atoms with Crippen LogP contribution in [0.2, 0.25) is 0 Å². The second kappa shape index (κ2) is 100. The van der Waals surface area contributed by atoms with Crippen LogP contribution in [-0.4, -0.2) is 101 Å².